The van der Waals surface area contributed by atoms with Gasteiger partial charge in [-0.15, -0.1) is 0 Å². The van der Waals surface area contributed by atoms with Gasteiger partial charge < -0.3 is 20.5 Å². The quantitative estimate of drug-likeness (QED) is 0.416. The highest BCUT2D eigenvalue weighted by Gasteiger charge is 2.65. The van der Waals surface area contributed by atoms with Crippen LogP contribution in [0.15, 0.2) is 35.4 Å². The van der Waals surface area contributed by atoms with Crippen molar-refractivity contribution >= 4 is 22.4 Å². The van der Waals surface area contributed by atoms with Crippen LogP contribution in [0.1, 0.15) is 57.9 Å². The molecule has 0 radical (unpaired) electrons. The number of aliphatic hydroxyl groups is 1. The van der Waals surface area contributed by atoms with Crippen LogP contribution >= 0.6 is 0 Å². The van der Waals surface area contributed by atoms with Gasteiger partial charge >= 0.3 is 6.18 Å². The molecule has 13 heteroatoms. The first-order chi connectivity index (χ1) is 17.9. The number of β-amino-alcohol motifs (C(OH)–C–C–N with tert-alkyl or cyclic N) is 1. The highest BCUT2D eigenvalue weighted by molar-refractivity contribution is 7.84. The summed E-state index contributed by atoms with van der Waals surface area (Å²) in [4.78, 5) is 16.8. The van der Waals surface area contributed by atoms with Crippen LogP contribution in [0.25, 0.3) is 0 Å². The number of alkyl halides is 3. The van der Waals surface area contributed by atoms with Crippen LogP contribution < -0.4 is 10.6 Å². The number of ether oxygens (including phenoxy) is 1. The number of hydrogen-bond donors (Lipinski definition) is 3. The van der Waals surface area contributed by atoms with Gasteiger partial charge in [-0.2, -0.15) is 13.2 Å². The van der Waals surface area contributed by atoms with Crippen molar-refractivity contribution in [2.75, 3.05) is 18.1 Å². The van der Waals surface area contributed by atoms with Gasteiger partial charge in [0.05, 0.1) is 33.3 Å². The molecule has 2 heterocycles. The van der Waals surface area contributed by atoms with Crippen molar-refractivity contribution in [1.29, 1.82) is 0 Å². The van der Waals surface area contributed by atoms with Crippen molar-refractivity contribution < 1.29 is 40.8 Å². The summed E-state index contributed by atoms with van der Waals surface area (Å²) in [6, 6.07) is 4.62. The molecule has 1 amide bonds. The van der Waals surface area contributed by atoms with E-state index >= 15 is 0 Å². The number of halogens is 5. The number of benzene rings is 1. The number of nitrogens with one attached hydrogen (secondary N) is 2. The van der Waals surface area contributed by atoms with Crippen LogP contribution in [-0.4, -0.2) is 56.4 Å². The molecule has 2 aromatic rings. The second kappa shape index (κ2) is 11.2. The maximum Gasteiger partial charge on any atom is 0.417 e. The van der Waals surface area contributed by atoms with Gasteiger partial charge in [0.2, 0.25) is 0 Å². The molecule has 7 nitrogen and oxygen atoms in total. The van der Waals surface area contributed by atoms with E-state index in [2.05, 4.69) is 15.6 Å². The van der Waals surface area contributed by atoms with Gasteiger partial charge in [0.25, 0.3) is 5.91 Å². The smallest absolute Gasteiger partial charge is 0.385 e. The largest absolute Gasteiger partial charge is 0.417 e. The van der Waals surface area contributed by atoms with Crippen molar-refractivity contribution in [2.45, 2.75) is 75.0 Å². The molecule has 3 N–H and O–H groups in total. The van der Waals surface area contributed by atoms with Crippen molar-refractivity contribution in [1.82, 2.24) is 10.3 Å². The Kier molecular flexibility index (Phi) is 8.90. The molecule has 1 unspecified atom stereocenters. The molecule has 0 spiro atoms. The first kappa shape index (κ1) is 31.1. The van der Waals surface area contributed by atoms with E-state index in [0.29, 0.717) is 11.8 Å². The molecule has 6 atom stereocenters. The molecule has 1 aromatic carbocycles. The van der Waals surface area contributed by atoms with Gasteiger partial charge in [0.1, 0.15) is 12.2 Å². The molecular weight excluding hydrogens is 545 g/mol. The number of pyridine rings is 1. The van der Waals surface area contributed by atoms with Crippen LogP contribution in [0.4, 0.5) is 27.6 Å². The van der Waals surface area contributed by atoms with Crippen molar-refractivity contribution in [3.63, 3.8) is 0 Å². The molecule has 0 aliphatic carbocycles. The Bertz CT molecular complexity index is 1240. The second-order valence-corrected chi connectivity index (χ2v) is 12.1. The SMILES string of the molecule is C[C@H]1[C@@H](c2ccc(F)c(F)c2S(C)=O)[C@H](C(=O)Nc2ccc([C@H](O)CNC(C)(C)C)nc2)O[C@@]1(C)C(F)(F)F. The van der Waals surface area contributed by atoms with Crippen LogP contribution in [0.2, 0.25) is 0 Å². The van der Waals surface area contributed by atoms with E-state index in [1.54, 1.807) is 0 Å². The maximum atomic E-state index is 14.7. The third kappa shape index (κ3) is 6.47. The molecule has 1 fully saturated rings. The lowest BCUT2D eigenvalue weighted by Gasteiger charge is -2.32. The third-order valence-corrected chi connectivity index (χ3v) is 7.86. The van der Waals surface area contributed by atoms with E-state index in [1.165, 1.54) is 25.3 Å². The fraction of sp³-hybridized carbons (Fsp3) is 0.538. The van der Waals surface area contributed by atoms with Crippen LogP contribution in [-0.2, 0) is 20.3 Å². The normalized spacial score (nSPS) is 25.4. The number of carbonyl (C=O) groups is 1. The Hall–Kier alpha value is -2.48. The fourth-order valence-corrected chi connectivity index (χ4v) is 5.41. The van der Waals surface area contributed by atoms with Crippen LogP contribution in [0.5, 0.6) is 0 Å². The van der Waals surface area contributed by atoms with Gasteiger partial charge in [-0.05, 0) is 51.5 Å². The summed E-state index contributed by atoms with van der Waals surface area (Å²) in [5, 5.41) is 15.9. The van der Waals surface area contributed by atoms with Gasteiger partial charge in [-0.3, -0.25) is 14.0 Å². The minimum atomic E-state index is -4.91. The average molecular weight is 578 g/mol. The second-order valence-electron chi connectivity index (χ2n) is 10.8. The number of carbonyl (C=O) groups excluding carboxylic acids is 1. The van der Waals surface area contributed by atoms with Crippen molar-refractivity contribution in [3.05, 3.63) is 53.4 Å². The zero-order valence-electron chi connectivity index (χ0n) is 22.3. The first-order valence-corrected chi connectivity index (χ1v) is 13.7. The van der Waals surface area contributed by atoms with Crippen LogP contribution in [0, 0.1) is 17.6 Å². The van der Waals surface area contributed by atoms with Crippen molar-refractivity contribution in [2.24, 2.45) is 5.92 Å². The number of anilines is 1. The van der Waals surface area contributed by atoms with Gasteiger partial charge in [0, 0.05) is 30.2 Å². The van der Waals surface area contributed by atoms with Gasteiger partial charge in [-0.1, -0.05) is 13.0 Å². The minimum absolute atomic E-state index is 0.111. The zero-order chi connectivity index (χ0) is 29.5. The number of rotatable bonds is 7. The molecule has 0 bridgehead atoms. The lowest BCUT2D eigenvalue weighted by atomic mass is 9.77. The molecule has 0 saturated carbocycles. The Labute approximate surface area is 226 Å². The van der Waals surface area contributed by atoms with Crippen molar-refractivity contribution in [3.8, 4) is 0 Å². The standard InChI is InChI=1S/C26H32F5N3O4S/c1-13-19(15-8-9-16(27)20(28)22(15)39(6)37)21(38-25(13,5)26(29,30)31)23(36)34-14-7-10-17(32-11-14)18(35)12-33-24(2,3)4/h7-11,13,18-19,21,33,35H,12H2,1-6H3,(H,34,36)/t13-,18+,19-,21+,25+,39?/m0/s1. The van der Waals surface area contributed by atoms with E-state index in [0.717, 1.165) is 19.2 Å². The van der Waals surface area contributed by atoms with E-state index in [-0.39, 0.29) is 23.3 Å². The lowest BCUT2D eigenvalue weighted by molar-refractivity contribution is -0.272. The van der Waals surface area contributed by atoms with E-state index in [1.807, 2.05) is 20.8 Å². The predicted molar refractivity (Wildman–Crippen MR) is 136 cm³/mol. The molecule has 39 heavy (non-hydrogen) atoms. The summed E-state index contributed by atoms with van der Waals surface area (Å²) < 4.78 is 88.6. The average Bonchev–Trinajstić information content (AvgIpc) is 3.10. The topological polar surface area (TPSA) is 101 Å². The van der Waals surface area contributed by atoms with Crippen LogP contribution in [0.3, 0.4) is 0 Å². The predicted octanol–water partition coefficient (Wildman–Crippen LogP) is 4.60. The zero-order valence-corrected chi connectivity index (χ0v) is 23.1. The Morgan fingerprint density at radius 2 is 1.85 bits per heavy atom. The van der Waals surface area contributed by atoms with E-state index < -0.39 is 69.1 Å². The fourth-order valence-electron chi connectivity index (χ4n) is 4.52. The summed E-state index contributed by atoms with van der Waals surface area (Å²) in [6.45, 7) is 7.97. The summed E-state index contributed by atoms with van der Waals surface area (Å²) in [5.41, 5.74) is -2.86. The summed E-state index contributed by atoms with van der Waals surface area (Å²) in [6.07, 6.45) is -5.36. The highest BCUT2D eigenvalue weighted by Crippen LogP contribution is 2.54. The maximum absolute atomic E-state index is 14.7. The molecular formula is C26H32F5N3O4S. The van der Waals surface area contributed by atoms with E-state index in [4.69, 9.17) is 4.74 Å². The lowest BCUT2D eigenvalue weighted by Crippen LogP contribution is -2.47. The molecule has 1 aliphatic heterocycles. The summed E-state index contributed by atoms with van der Waals surface area (Å²) >= 11 is 0. The Morgan fingerprint density at radius 3 is 2.36 bits per heavy atom. The minimum Gasteiger partial charge on any atom is -0.385 e. The summed E-state index contributed by atoms with van der Waals surface area (Å²) in [5.74, 6) is -6.61. The van der Waals surface area contributed by atoms with Gasteiger partial charge in [-0.25, -0.2) is 8.78 Å². The molecule has 1 aliphatic rings. The number of amides is 1. The highest BCUT2D eigenvalue weighted by atomic mass is 32.2. The number of aromatic nitrogens is 1. The third-order valence-electron chi connectivity index (χ3n) is 6.87. The molecule has 1 saturated heterocycles. The summed E-state index contributed by atoms with van der Waals surface area (Å²) in [7, 11) is -2.12. The Morgan fingerprint density at radius 1 is 1.21 bits per heavy atom. The molecule has 1 aromatic heterocycles. The number of nitrogens with zero attached hydrogens (tertiary/aromatic N) is 1. The van der Waals surface area contributed by atoms with Gasteiger partial charge in [0.15, 0.2) is 17.2 Å². The monoisotopic (exact) mass is 577 g/mol. The first-order valence-electron chi connectivity index (χ1n) is 12.1. The molecule has 216 valence electrons. The Balaban J connectivity index is 1.94. The molecule has 3 rings (SSSR count). The number of hydrogen-bond acceptors (Lipinski definition) is 6. The number of aliphatic hydroxyl groups excluding tert-OH is 1. The van der Waals surface area contributed by atoms with E-state index in [9.17, 15) is 36.1 Å².